The van der Waals surface area contributed by atoms with E-state index in [1.807, 2.05) is 54.9 Å². The van der Waals surface area contributed by atoms with Crippen LogP contribution in [0.3, 0.4) is 0 Å². The molecule has 1 heterocycles. The Morgan fingerprint density at radius 3 is 2.35 bits per heavy atom. The number of Topliss-reactive ketones (excluding diaryl/α,β-unsaturated/α-hetero) is 1. The Labute approximate surface area is 158 Å². The Balaban J connectivity index is 1.75. The largest absolute Gasteiger partial charge is 0.305 e. The summed E-state index contributed by atoms with van der Waals surface area (Å²) in [7, 11) is 1.94. The number of hydrogen-bond donors (Lipinski definition) is 0. The maximum Gasteiger partial charge on any atom is 0.191 e. The third kappa shape index (κ3) is 3.88. The van der Waals surface area contributed by atoms with E-state index in [2.05, 4.69) is 36.2 Å². The Bertz CT molecular complexity index is 898. The van der Waals surface area contributed by atoms with Crippen LogP contribution in [-0.4, -0.2) is 25.8 Å². The highest BCUT2D eigenvalue weighted by Gasteiger charge is 2.20. The molecule has 0 saturated carbocycles. The molecule has 134 valence electrons. The average molecular weight is 366 g/mol. The Kier molecular flexibility index (Phi) is 5.57. The molecule has 0 bridgehead atoms. The van der Waals surface area contributed by atoms with Crippen LogP contribution in [0.1, 0.15) is 35.3 Å². The fourth-order valence-corrected chi connectivity index (χ4v) is 3.61. The van der Waals surface area contributed by atoms with Gasteiger partial charge in [0.15, 0.2) is 16.8 Å². The molecule has 2 aromatic carbocycles. The molecule has 0 fully saturated rings. The number of carbonyl (C=O) groups excluding carboxylic acids is 1. The second kappa shape index (κ2) is 7.87. The van der Waals surface area contributed by atoms with Gasteiger partial charge in [0.25, 0.3) is 0 Å². The summed E-state index contributed by atoms with van der Waals surface area (Å²) in [6.07, 6.45) is 0.972. The SMILES string of the molecule is CCc1ccc(C(=O)C(C)Sc2nnc(-c3ccc(C)cc3)n2C)cc1. The van der Waals surface area contributed by atoms with Gasteiger partial charge in [-0.05, 0) is 25.8 Å². The number of ketones is 1. The van der Waals surface area contributed by atoms with Crippen LogP contribution in [0.5, 0.6) is 0 Å². The van der Waals surface area contributed by atoms with Gasteiger partial charge in [-0.3, -0.25) is 4.79 Å². The Morgan fingerprint density at radius 2 is 1.73 bits per heavy atom. The molecular weight excluding hydrogens is 342 g/mol. The minimum atomic E-state index is -0.226. The number of aromatic nitrogens is 3. The van der Waals surface area contributed by atoms with Crippen molar-refractivity contribution in [3.05, 3.63) is 65.2 Å². The fraction of sp³-hybridized carbons (Fsp3) is 0.286. The van der Waals surface area contributed by atoms with Crippen molar-refractivity contribution in [2.24, 2.45) is 7.05 Å². The van der Waals surface area contributed by atoms with Crippen LogP contribution < -0.4 is 0 Å². The van der Waals surface area contributed by atoms with E-state index in [1.54, 1.807) is 0 Å². The first kappa shape index (κ1) is 18.4. The molecule has 1 atom stereocenters. The minimum absolute atomic E-state index is 0.109. The summed E-state index contributed by atoms with van der Waals surface area (Å²) in [6, 6.07) is 16.0. The maximum atomic E-state index is 12.7. The van der Waals surface area contributed by atoms with Crippen molar-refractivity contribution in [3.63, 3.8) is 0 Å². The zero-order valence-electron chi connectivity index (χ0n) is 15.6. The molecule has 0 amide bonds. The smallest absolute Gasteiger partial charge is 0.191 e. The van der Waals surface area contributed by atoms with E-state index in [0.717, 1.165) is 28.5 Å². The van der Waals surface area contributed by atoms with Crippen molar-refractivity contribution < 1.29 is 4.79 Å². The zero-order chi connectivity index (χ0) is 18.7. The van der Waals surface area contributed by atoms with Gasteiger partial charge in [0, 0.05) is 18.2 Å². The van der Waals surface area contributed by atoms with E-state index in [4.69, 9.17) is 0 Å². The lowest BCUT2D eigenvalue weighted by molar-refractivity contribution is 0.0994. The number of thioether (sulfide) groups is 1. The molecule has 5 heteroatoms. The molecule has 0 aliphatic carbocycles. The molecule has 0 aliphatic heterocycles. The van der Waals surface area contributed by atoms with Gasteiger partial charge in [-0.2, -0.15) is 0 Å². The van der Waals surface area contributed by atoms with Crippen molar-refractivity contribution in [1.82, 2.24) is 14.8 Å². The number of nitrogens with zero attached hydrogens (tertiary/aromatic N) is 3. The molecule has 0 aliphatic rings. The summed E-state index contributed by atoms with van der Waals surface area (Å²) in [6.45, 7) is 6.08. The first-order chi connectivity index (χ1) is 12.5. The second-order valence-corrected chi connectivity index (χ2v) is 7.71. The van der Waals surface area contributed by atoms with Crippen LogP contribution >= 0.6 is 11.8 Å². The molecule has 0 radical (unpaired) electrons. The number of benzene rings is 2. The number of carbonyl (C=O) groups is 1. The van der Waals surface area contributed by atoms with Crippen molar-refractivity contribution in [2.75, 3.05) is 0 Å². The predicted octanol–water partition coefficient (Wildman–Crippen LogP) is 4.72. The molecule has 1 unspecified atom stereocenters. The number of rotatable bonds is 6. The van der Waals surface area contributed by atoms with Gasteiger partial charge in [0.2, 0.25) is 0 Å². The molecule has 4 nitrogen and oxygen atoms in total. The molecular formula is C21H23N3OS. The molecule has 0 N–H and O–H groups in total. The molecule has 0 spiro atoms. The lowest BCUT2D eigenvalue weighted by Gasteiger charge is -2.10. The van der Waals surface area contributed by atoms with Crippen LogP contribution in [0.25, 0.3) is 11.4 Å². The molecule has 3 aromatic rings. The van der Waals surface area contributed by atoms with Crippen LogP contribution in [0, 0.1) is 6.92 Å². The van der Waals surface area contributed by atoms with Gasteiger partial charge in [0.05, 0.1) is 5.25 Å². The minimum Gasteiger partial charge on any atom is -0.305 e. The lowest BCUT2D eigenvalue weighted by Crippen LogP contribution is -2.14. The molecule has 1 aromatic heterocycles. The van der Waals surface area contributed by atoms with Gasteiger partial charge >= 0.3 is 0 Å². The zero-order valence-corrected chi connectivity index (χ0v) is 16.4. The Morgan fingerprint density at radius 1 is 1.08 bits per heavy atom. The van der Waals surface area contributed by atoms with Crippen molar-refractivity contribution >= 4 is 17.5 Å². The number of hydrogen-bond acceptors (Lipinski definition) is 4. The summed E-state index contributed by atoms with van der Waals surface area (Å²) in [4.78, 5) is 12.7. The second-order valence-electron chi connectivity index (χ2n) is 6.41. The third-order valence-corrected chi connectivity index (χ3v) is 5.58. The molecule has 26 heavy (non-hydrogen) atoms. The monoisotopic (exact) mass is 365 g/mol. The van der Waals surface area contributed by atoms with E-state index < -0.39 is 0 Å². The first-order valence-corrected chi connectivity index (χ1v) is 9.63. The lowest BCUT2D eigenvalue weighted by atomic mass is 10.1. The summed E-state index contributed by atoms with van der Waals surface area (Å²) in [5, 5.41) is 9.10. The van der Waals surface area contributed by atoms with Gasteiger partial charge in [-0.1, -0.05) is 72.8 Å². The van der Waals surface area contributed by atoms with Gasteiger partial charge < -0.3 is 4.57 Å². The molecule has 3 rings (SSSR count). The van der Waals surface area contributed by atoms with E-state index >= 15 is 0 Å². The van der Waals surface area contributed by atoms with E-state index in [1.165, 1.54) is 22.9 Å². The first-order valence-electron chi connectivity index (χ1n) is 8.76. The van der Waals surface area contributed by atoms with Crippen molar-refractivity contribution in [1.29, 1.82) is 0 Å². The highest BCUT2D eigenvalue weighted by Crippen LogP contribution is 2.27. The topological polar surface area (TPSA) is 47.8 Å². The van der Waals surface area contributed by atoms with E-state index in [-0.39, 0.29) is 11.0 Å². The summed E-state index contributed by atoms with van der Waals surface area (Å²) < 4.78 is 1.94. The predicted molar refractivity (Wildman–Crippen MR) is 107 cm³/mol. The Hall–Kier alpha value is -2.40. The van der Waals surface area contributed by atoms with E-state index in [0.29, 0.717) is 0 Å². The highest BCUT2D eigenvalue weighted by atomic mass is 32.2. The van der Waals surface area contributed by atoms with Crippen LogP contribution in [0.2, 0.25) is 0 Å². The maximum absolute atomic E-state index is 12.7. The quantitative estimate of drug-likeness (QED) is 0.468. The van der Waals surface area contributed by atoms with Gasteiger partial charge in [0.1, 0.15) is 0 Å². The normalized spacial score (nSPS) is 12.2. The highest BCUT2D eigenvalue weighted by molar-refractivity contribution is 8.00. The summed E-state index contributed by atoms with van der Waals surface area (Å²) in [5.41, 5.74) is 4.20. The number of aryl methyl sites for hydroxylation is 2. The van der Waals surface area contributed by atoms with Crippen molar-refractivity contribution in [2.45, 2.75) is 37.6 Å². The summed E-state index contributed by atoms with van der Waals surface area (Å²) >= 11 is 1.44. The standard InChI is InChI=1S/C21H23N3OS/c1-5-16-8-12-17(13-9-16)19(25)15(3)26-21-23-22-20(24(21)4)18-10-6-14(2)7-11-18/h6-13,15H,5H2,1-4H3. The van der Waals surface area contributed by atoms with E-state index in [9.17, 15) is 4.79 Å². The van der Waals surface area contributed by atoms with Crippen molar-refractivity contribution in [3.8, 4) is 11.4 Å². The third-order valence-electron chi connectivity index (χ3n) is 4.44. The van der Waals surface area contributed by atoms with Gasteiger partial charge in [-0.15, -0.1) is 10.2 Å². The molecule has 0 saturated heterocycles. The van der Waals surface area contributed by atoms with Crippen LogP contribution in [0.15, 0.2) is 53.7 Å². The van der Waals surface area contributed by atoms with Crippen LogP contribution in [0.4, 0.5) is 0 Å². The van der Waals surface area contributed by atoms with Gasteiger partial charge in [-0.25, -0.2) is 0 Å². The van der Waals surface area contributed by atoms with Crippen LogP contribution in [-0.2, 0) is 13.5 Å². The fourth-order valence-electron chi connectivity index (χ4n) is 2.72. The average Bonchev–Trinajstić information content (AvgIpc) is 3.02. The summed E-state index contributed by atoms with van der Waals surface area (Å²) in [5.74, 6) is 0.914.